The van der Waals surface area contributed by atoms with Gasteiger partial charge in [0.15, 0.2) is 0 Å². The van der Waals surface area contributed by atoms with Crippen LogP contribution in [0.5, 0.6) is 0 Å². The maximum absolute atomic E-state index is 12.0. The minimum Gasteiger partial charge on any atom is -0.314 e. The number of hydrogen-bond acceptors (Lipinski definition) is 4. The van der Waals surface area contributed by atoms with E-state index < -0.39 is 10.2 Å². The first-order valence-electron chi connectivity index (χ1n) is 5.18. The maximum Gasteiger partial charge on any atom is 0.302 e. The van der Waals surface area contributed by atoms with Crippen LogP contribution in [0.2, 0.25) is 0 Å². The average molecular weight is 321 g/mol. The SMILES string of the molecule is O=S(=O)(Nc1ccc(Br)cn1)N1CCNCC1. The van der Waals surface area contributed by atoms with E-state index in [-0.39, 0.29) is 0 Å². The second-order valence-corrected chi connectivity index (χ2v) is 6.20. The Labute approximate surface area is 109 Å². The van der Waals surface area contributed by atoms with Gasteiger partial charge < -0.3 is 5.32 Å². The van der Waals surface area contributed by atoms with Gasteiger partial charge in [0.25, 0.3) is 0 Å². The number of aromatic nitrogens is 1. The number of halogens is 1. The summed E-state index contributed by atoms with van der Waals surface area (Å²) >= 11 is 3.24. The second-order valence-electron chi connectivity index (χ2n) is 3.62. The van der Waals surface area contributed by atoms with Crippen LogP contribution in [0.15, 0.2) is 22.8 Å². The Kier molecular flexibility index (Phi) is 3.97. The van der Waals surface area contributed by atoms with Crippen molar-refractivity contribution in [3.8, 4) is 0 Å². The molecule has 2 heterocycles. The van der Waals surface area contributed by atoms with Crippen LogP contribution in [-0.4, -0.2) is 43.9 Å². The van der Waals surface area contributed by atoms with E-state index >= 15 is 0 Å². The highest BCUT2D eigenvalue weighted by atomic mass is 79.9. The summed E-state index contributed by atoms with van der Waals surface area (Å²) in [7, 11) is -3.48. The van der Waals surface area contributed by atoms with Gasteiger partial charge in [-0.3, -0.25) is 4.72 Å². The largest absolute Gasteiger partial charge is 0.314 e. The summed E-state index contributed by atoms with van der Waals surface area (Å²) in [6.45, 7) is 2.31. The van der Waals surface area contributed by atoms with Crippen molar-refractivity contribution in [3.05, 3.63) is 22.8 Å². The maximum atomic E-state index is 12.0. The van der Waals surface area contributed by atoms with Crippen molar-refractivity contribution in [2.45, 2.75) is 0 Å². The highest BCUT2D eigenvalue weighted by Gasteiger charge is 2.23. The predicted molar refractivity (Wildman–Crippen MR) is 68.9 cm³/mol. The van der Waals surface area contributed by atoms with E-state index in [1.165, 1.54) is 4.31 Å². The van der Waals surface area contributed by atoms with Crippen molar-refractivity contribution < 1.29 is 8.42 Å². The van der Waals surface area contributed by atoms with E-state index in [1.807, 2.05) is 0 Å². The smallest absolute Gasteiger partial charge is 0.302 e. The Balaban J connectivity index is 2.08. The average Bonchev–Trinajstić information content (AvgIpc) is 2.33. The molecule has 1 aromatic rings. The number of nitrogens with zero attached hydrogens (tertiary/aromatic N) is 2. The lowest BCUT2D eigenvalue weighted by atomic mass is 10.4. The number of anilines is 1. The second kappa shape index (κ2) is 5.30. The first-order valence-corrected chi connectivity index (χ1v) is 7.41. The van der Waals surface area contributed by atoms with Crippen molar-refractivity contribution in [1.82, 2.24) is 14.6 Å². The Bertz CT molecular complexity index is 470. The van der Waals surface area contributed by atoms with Crippen LogP contribution in [0.4, 0.5) is 5.82 Å². The Hall–Kier alpha value is -0.700. The third kappa shape index (κ3) is 3.38. The third-order valence-corrected chi connectivity index (χ3v) is 4.36. The van der Waals surface area contributed by atoms with Crippen LogP contribution < -0.4 is 10.0 Å². The van der Waals surface area contributed by atoms with E-state index in [0.29, 0.717) is 32.0 Å². The van der Waals surface area contributed by atoms with Gasteiger partial charge in [-0.15, -0.1) is 0 Å². The zero-order valence-electron chi connectivity index (χ0n) is 9.06. The summed E-state index contributed by atoms with van der Waals surface area (Å²) < 4.78 is 28.6. The Morgan fingerprint density at radius 2 is 2.06 bits per heavy atom. The minimum absolute atomic E-state index is 0.326. The molecule has 0 unspecified atom stereocenters. The van der Waals surface area contributed by atoms with Crippen LogP contribution >= 0.6 is 15.9 Å². The van der Waals surface area contributed by atoms with Crippen molar-refractivity contribution in [1.29, 1.82) is 0 Å². The lowest BCUT2D eigenvalue weighted by Gasteiger charge is -2.26. The molecule has 0 spiro atoms. The fourth-order valence-corrected chi connectivity index (χ4v) is 2.93. The number of nitrogens with one attached hydrogen (secondary N) is 2. The van der Waals surface area contributed by atoms with Crippen LogP contribution in [-0.2, 0) is 10.2 Å². The van der Waals surface area contributed by atoms with Crippen LogP contribution in [0, 0.1) is 0 Å². The summed E-state index contributed by atoms with van der Waals surface area (Å²) in [5, 5.41) is 3.10. The van der Waals surface area contributed by atoms with Gasteiger partial charge in [0.05, 0.1) is 0 Å². The fourth-order valence-electron chi connectivity index (χ4n) is 1.52. The van der Waals surface area contributed by atoms with Gasteiger partial charge in [0, 0.05) is 36.8 Å². The molecule has 2 N–H and O–H groups in total. The van der Waals surface area contributed by atoms with Crippen LogP contribution in [0.3, 0.4) is 0 Å². The zero-order chi connectivity index (χ0) is 12.3. The molecule has 94 valence electrons. The van der Waals surface area contributed by atoms with Gasteiger partial charge in [-0.1, -0.05) is 0 Å². The van der Waals surface area contributed by atoms with E-state index in [9.17, 15) is 8.42 Å². The highest BCUT2D eigenvalue weighted by Crippen LogP contribution is 2.13. The van der Waals surface area contributed by atoms with E-state index in [1.54, 1.807) is 18.3 Å². The molecule has 0 amide bonds. The molecule has 0 aromatic carbocycles. The summed E-state index contributed by atoms with van der Waals surface area (Å²) in [6, 6.07) is 3.35. The fraction of sp³-hybridized carbons (Fsp3) is 0.444. The third-order valence-electron chi connectivity index (χ3n) is 2.38. The summed E-state index contributed by atoms with van der Waals surface area (Å²) in [4.78, 5) is 3.98. The summed E-state index contributed by atoms with van der Waals surface area (Å²) in [5.41, 5.74) is 0. The minimum atomic E-state index is -3.48. The van der Waals surface area contributed by atoms with E-state index in [2.05, 4.69) is 31.0 Å². The molecule has 0 atom stereocenters. The number of rotatable bonds is 3. The molecular weight excluding hydrogens is 308 g/mol. The molecule has 1 aliphatic heterocycles. The van der Waals surface area contributed by atoms with Gasteiger partial charge in [-0.05, 0) is 28.1 Å². The zero-order valence-corrected chi connectivity index (χ0v) is 11.5. The lowest BCUT2D eigenvalue weighted by molar-refractivity contribution is 0.362. The highest BCUT2D eigenvalue weighted by molar-refractivity contribution is 9.10. The molecule has 0 bridgehead atoms. The van der Waals surface area contributed by atoms with Gasteiger partial charge in [-0.2, -0.15) is 12.7 Å². The predicted octanol–water partition coefficient (Wildman–Crippen LogP) is 0.406. The summed E-state index contributed by atoms with van der Waals surface area (Å²) in [6.07, 6.45) is 1.55. The topological polar surface area (TPSA) is 74.3 Å². The monoisotopic (exact) mass is 320 g/mol. The standard InChI is InChI=1S/C9H13BrN4O2S/c10-8-1-2-9(12-7-8)13-17(15,16)14-5-3-11-4-6-14/h1-2,7,11H,3-6H2,(H,12,13). The van der Waals surface area contributed by atoms with Crippen molar-refractivity contribution in [2.75, 3.05) is 30.9 Å². The van der Waals surface area contributed by atoms with E-state index in [4.69, 9.17) is 0 Å². The van der Waals surface area contributed by atoms with Gasteiger partial charge in [0.2, 0.25) is 0 Å². The van der Waals surface area contributed by atoms with Crippen molar-refractivity contribution >= 4 is 32.0 Å². The van der Waals surface area contributed by atoms with Crippen LogP contribution in [0.1, 0.15) is 0 Å². The molecule has 17 heavy (non-hydrogen) atoms. The number of hydrogen-bond donors (Lipinski definition) is 2. The Morgan fingerprint density at radius 1 is 1.35 bits per heavy atom. The van der Waals surface area contributed by atoms with Gasteiger partial charge in [0.1, 0.15) is 5.82 Å². The van der Waals surface area contributed by atoms with Gasteiger partial charge >= 0.3 is 10.2 Å². The first-order chi connectivity index (χ1) is 8.08. The molecule has 0 aliphatic carbocycles. The molecule has 1 aromatic heterocycles. The molecule has 0 saturated carbocycles. The quantitative estimate of drug-likeness (QED) is 0.845. The molecule has 2 rings (SSSR count). The van der Waals surface area contributed by atoms with Crippen LogP contribution in [0.25, 0.3) is 0 Å². The molecule has 0 radical (unpaired) electrons. The van der Waals surface area contributed by atoms with E-state index in [0.717, 1.165) is 4.47 Å². The summed E-state index contributed by atoms with van der Waals surface area (Å²) in [5.74, 6) is 0.326. The normalized spacial score (nSPS) is 17.9. The molecular formula is C9H13BrN4O2S. The molecule has 8 heteroatoms. The van der Waals surface area contributed by atoms with Crippen molar-refractivity contribution in [2.24, 2.45) is 0 Å². The van der Waals surface area contributed by atoms with Crippen molar-refractivity contribution in [3.63, 3.8) is 0 Å². The lowest BCUT2D eigenvalue weighted by Crippen LogP contribution is -2.48. The number of piperazine rings is 1. The molecule has 1 aliphatic rings. The molecule has 6 nitrogen and oxygen atoms in total. The van der Waals surface area contributed by atoms with Gasteiger partial charge in [-0.25, -0.2) is 4.98 Å². The Morgan fingerprint density at radius 3 is 2.65 bits per heavy atom. The number of pyridine rings is 1. The molecule has 1 fully saturated rings. The molecule has 1 saturated heterocycles. The first kappa shape index (κ1) is 12.7.